The molecule has 2 rings (SSSR count). The Labute approximate surface area is 127 Å². The van der Waals surface area contributed by atoms with Crippen LogP contribution in [-0.2, 0) is 0 Å². The molecule has 2 unspecified atom stereocenters. The van der Waals surface area contributed by atoms with E-state index in [-0.39, 0.29) is 5.91 Å². The van der Waals surface area contributed by atoms with Gasteiger partial charge in [-0.15, -0.1) is 0 Å². The van der Waals surface area contributed by atoms with Crippen molar-refractivity contribution in [2.24, 2.45) is 11.8 Å². The number of anilines is 2. The van der Waals surface area contributed by atoms with Crippen LogP contribution in [-0.4, -0.2) is 19.0 Å². The molecular weight excluding hydrogens is 262 g/mol. The quantitative estimate of drug-likeness (QED) is 0.729. The first-order valence-corrected chi connectivity index (χ1v) is 8.01. The van der Waals surface area contributed by atoms with Gasteiger partial charge in [-0.2, -0.15) is 0 Å². The Kier molecular flexibility index (Phi) is 5.48. The fraction of sp³-hybridized carbons (Fsp3) is 0.588. The summed E-state index contributed by atoms with van der Waals surface area (Å²) in [6.45, 7) is 5.79. The Balaban J connectivity index is 2.04. The van der Waals surface area contributed by atoms with Crippen molar-refractivity contribution >= 4 is 17.3 Å². The fourth-order valence-corrected chi connectivity index (χ4v) is 3.16. The van der Waals surface area contributed by atoms with E-state index in [4.69, 9.17) is 5.73 Å². The van der Waals surface area contributed by atoms with Gasteiger partial charge < -0.3 is 16.4 Å². The van der Waals surface area contributed by atoms with Gasteiger partial charge >= 0.3 is 0 Å². The zero-order valence-corrected chi connectivity index (χ0v) is 13.1. The number of carbonyl (C=O) groups is 1. The topological polar surface area (TPSA) is 67.2 Å². The lowest BCUT2D eigenvalue weighted by Gasteiger charge is -2.27. The Morgan fingerprint density at radius 1 is 1.38 bits per heavy atom. The molecule has 4 nitrogen and oxygen atoms in total. The molecule has 1 aliphatic carbocycles. The minimum absolute atomic E-state index is 0.0444. The van der Waals surface area contributed by atoms with Crippen molar-refractivity contribution in [3.8, 4) is 0 Å². The summed E-state index contributed by atoms with van der Waals surface area (Å²) >= 11 is 0. The predicted molar refractivity (Wildman–Crippen MR) is 88.5 cm³/mol. The van der Waals surface area contributed by atoms with Gasteiger partial charge in [-0.25, -0.2) is 0 Å². The predicted octanol–water partition coefficient (Wildman–Crippen LogP) is 3.26. The molecule has 2 atom stereocenters. The lowest BCUT2D eigenvalue weighted by molar-refractivity contribution is 0.0956. The van der Waals surface area contributed by atoms with E-state index in [9.17, 15) is 4.79 Å². The molecule has 0 spiro atoms. The number of amides is 1. The largest absolute Gasteiger partial charge is 0.399 e. The molecule has 4 N–H and O–H groups in total. The van der Waals surface area contributed by atoms with Crippen LogP contribution in [0, 0.1) is 11.8 Å². The van der Waals surface area contributed by atoms with Gasteiger partial charge in [0, 0.05) is 24.5 Å². The molecule has 1 fully saturated rings. The van der Waals surface area contributed by atoms with Crippen molar-refractivity contribution in [3.63, 3.8) is 0 Å². The highest BCUT2D eigenvalue weighted by Crippen LogP contribution is 2.29. The van der Waals surface area contributed by atoms with Crippen molar-refractivity contribution in [1.29, 1.82) is 0 Å². The lowest BCUT2D eigenvalue weighted by atomic mass is 9.82. The van der Waals surface area contributed by atoms with E-state index in [1.165, 1.54) is 25.7 Å². The fourth-order valence-electron chi connectivity index (χ4n) is 3.16. The molecule has 0 bridgehead atoms. The molecule has 0 aliphatic heterocycles. The molecule has 0 saturated heterocycles. The molecule has 1 aromatic rings. The van der Waals surface area contributed by atoms with Crippen LogP contribution in [0.4, 0.5) is 11.4 Å². The van der Waals surface area contributed by atoms with Gasteiger partial charge in [-0.05, 0) is 49.8 Å². The summed E-state index contributed by atoms with van der Waals surface area (Å²) in [6, 6.07) is 5.43. The van der Waals surface area contributed by atoms with Crippen LogP contribution in [0.25, 0.3) is 0 Å². The van der Waals surface area contributed by atoms with Crippen LogP contribution in [0.3, 0.4) is 0 Å². The summed E-state index contributed by atoms with van der Waals surface area (Å²) in [5, 5.41) is 6.29. The van der Waals surface area contributed by atoms with Gasteiger partial charge in [-0.3, -0.25) is 4.79 Å². The van der Waals surface area contributed by atoms with E-state index < -0.39 is 0 Å². The number of nitrogens with two attached hydrogens (primary N) is 1. The summed E-state index contributed by atoms with van der Waals surface area (Å²) in [6.07, 6.45) is 5.20. The maximum absolute atomic E-state index is 12.1. The standard InChI is InChI=1S/C17H27N3O/c1-3-19-17(21)15-8-7-14(18)10-16(15)20-11-13-6-4-5-12(2)9-13/h7-8,10,12-13,20H,3-6,9,11,18H2,1-2H3,(H,19,21). The van der Waals surface area contributed by atoms with Crippen LogP contribution < -0.4 is 16.4 Å². The van der Waals surface area contributed by atoms with Crippen molar-refractivity contribution in [2.75, 3.05) is 24.1 Å². The van der Waals surface area contributed by atoms with E-state index in [0.717, 1.165) is 18.2 Å². The zero-order chi connectivity index (χ0) is 15.2. The summed E-state index contributed by atoms with van der Waals surface area (Å²) in [5.41, 5.74) is 8.07. The van der Waals surface area contributed by atoms with E-state index in [1.54, 1.807) is 12.1 Å². The molecule has 1 aliphatic rings. The van der Waals surface area contributed by atoms with E-state index >= 15 is 0 Å². The van der Waals surface area contributed by atoms with E-state index in [2.05, 4.69) is 17.6 Å². The second kappa shape index (κ2) is 7.34. The second-order valence-electron chi connectivity index (χ2n) is 6.18. The number of hydrogen-bond donors (Lipinski definition) is 3. The van der Waals surface area contributed by atoms with Gasteiger partial charge in [0.15, 0.2) is 0 Å². The first-order chi connectivity index (χ1) is 10.1. The van der Waals surface area contributed by atoms with Crippen LogP contribution in [0.1, 0.15) is 49.9 Å². The number of carbonyl (C=O) groups excluding carboxylic acids is 1. The van der Waals surface area contributed by atoms with Crippen LogP contribution in [0.2, 0.25) is 0 Å². The molecule has 0 aromatic heterocycles. The number of hydrogen-bond acceptors (Lipinski definition) is 3. The minimum Gasteiger partial charge on any atom is -0.399 e. The van der Waals surface area contributed by atoms with Crippen LogP contribution in [0.15, 0.2) is 18.2 Å². The molecule has 0 radical (unpaired) electrons. The Hall–Kier alpha value is -1.71. The molecule has 116 valence electrons. The molecule has 4 heteroatoms. The highest BCUT2D eigenvalue weighted by Gasteiger charge is 2.19. The first kappa shape index (κ1) is 15.7. The summed E-state index contributed by atoms with van der Waals surface area (Å²) in [7, 11) is 0. The minimum atomic E-state index is -0.0444. The van der Waals surface area contributed by atoms with Gasteiger partial charge in [0.25, 0.3) is 5.91 Å². The Morgan fingerprint density at radius 2 is 2.19 bits per heavy atom. The highest BCUT2D eigenvalue weighted by molar-refractivity contribution is 6.00. The first-order valence-electron chi connectivity index (χ1n) is 8.01. The third-order valence-corrected chi connectivity index (χ3v) is 4.25. The van der Waals surface area contributed by atoms with E-state index in [1.807, 2.05) is 13.0 Å². The summed E-state index contributed by atoms with van der Waals surface area (Å²) < 4.78 is 0. The van der Waals surface area contributed by atoms with Crippen LogP contribution in [0.5, 0.6) is 0 Å². The summed E-state index contributed by atoms with van der Waals surface area (Å²) in [4.78, 5) is 12.1. The van der Waals surface area contributed by atoms with Gasteiger partial charge in [0.05, 0.1) is 5.56 Å². The molecule has 1 amide bonds. The normalized spacial score (nSPS) is 21.8. The van der Waals surface area contributed by atoms with Gasteiger partial charge in [0.1, 0.15) is 0 Å². The van der Waals surface area contributed by atoms with Crippen molar-refractivity contribution in [2.45, 2.75) is 39.5 Å². The maximum atomic E-state index is 12.1. The number of nitrogens with one attached hydrogen (secondary N) is 2. The van der Waals surface area contributed by atoms with E-state index in [0.29, 0.717) is 23.7 Å². The number of benzene rings is 1. The SMILES string of the molecule is CCNC(=O)c1ccc(N)cc1NCC1CCCC(C)C1. The number of nitrogen functional groups attached to an aromatic ring is 1. The smallest absolute Gasteiger partial charge is 0.253 e. The van der Waals surface area contributed by atoms with Gasteiger partial charge in [-0.1, -0.05) is 19.8 Å². The molecular formula is C17H27N3O. The van der Waals surface area contributed by atoms with Crippen molar-refractivity contribution in [3.05, 3.63) is 23.8 Å². The third-order valence-electron chi connectivity index (χ3n) is 4.25. The average Bonchev–Trinajstić information content (AvgIpc) is 2.45. The van der Waals surface area contributed by atoms with Crippen molar-refractivity contribution in [1.82, 2.24) is 5.32 Å². The third kappa shape index (κ3) is 4.38. The average molecular weight is 289 g/mol. The Bertz CT molecular complexity index is 487. The number of rotatable bonds is 5. The van der Waals surface area contributed by atoms with Crippen molar-refractivity contribution < 1.29 is 4.79 Å². The molecule has 0 heterocycles. The summed E-state index contributed by atoms with van der Waals surface area (Å²) in [5.74, 6) is 1.46. The maximum Gasteiger partial charge on any atom is 0.253 e. The Morgan fingerprint density at radius 3 is 2.90 bits per heavy atom. The second-order valence-corrected chi connectivity index (χ2v) is 6.18. The van der Waals surface area contributed by atoms with Crippen LogP contribution >= 0.6 is 0 Å². The molecule has 1 aromatic carbocycles. The highest BCUT2D eigenvalue weighted by atomic mass is 16.1. The lowest BCUT2D eigenvalue weighted by Crippen LogP contribution is -2.25. The zero-order valence-electron chi connectivity index (χ0n) is 13.1. The molecule has 21 heavy (non-hydrogen) atoms. The monoisotopic (exact) mass is 289 g/mol. The molecule has 1 saturated carbocycles. The van der Waals surface area contributed by atoms with Gasteiger partial charge in [0.2, 0.25) is 0 Å².